The molecule has 0 spiro atoms. The first-order valence-electron chi connectivity index (χ1n) is 8.60. The number of hydrogen-bond acceptors (Lipinski definition) is 4. The van der Waals surface area contributed by atoms with Crippen molar-refractivity contribution in [2.75, 3.05) is 26.1 Å². The fourth-order valence-corrected chi connectivity index (χ4v) is 2.90. The topological polar surface area (TPSA) is 50.8 Å². The van der Waals surface area contributed by atoms with Gasteiger partial charge in [-0.25, -0.2) is 4.39 Å². The molecule has 0 aromatic heterocycles. The van der Waals surface area contributed by atoms with Gasteiger partial charge in [0.15, 0.2) is 11.5 Å². The first-order valence-corrected chi connectivity index (χ1v) is 8.60. The van der Waals surface area contributed by atoms with Crippen molar-refractivity contribution in [3.8, 4) is 11.5 Å². The molecule has 2 aromatic carbocycles. The van der Waals surface area contributed by atoms with Crippen molar-refractivity contribution in [1.29, 1.82) is 0 Å². The van der Waals surface area contributed by atoms with Gasteiger partial charge in [0.1, 0.15) is 5.82 Å². The summed E-state index contributed by atoms with van der Waals surface area (Å²) in [6, 6.07) is 12.3. The van der Waals surface area contributed by atoms with Gasteiger partial charge in [-0.15, -0.1) is 0 Å². The second kappa shape index (κ2) is 8.19. The summed E-state index contributed by atoms with van der Waals surface area (Å²) in [7, 11) is 3.11. The highest BCUT2D eigenvalue weighted by Crippen LogP contribution is 2.31. The van der Waals surface area contributed by atoms with Crippen LogP contribution >= 0.6 is 0 Å². The highest BCUT2D eigenvalue weighted by molar-refractivity contribution is 5.92. The van der Waals surface area contributed by atoms with Gasteiger partial charge in [-0.3, -0.25) is 9.69 Å². The second-order valence-electron chi connectivity index (χ2n) is 6.35. The molecule has 5 nitrogen and oxygen atoms in total. The Bertz CT molecular complexity index is 777. The van der Waals surface area contributed by atoms with E-state index in [1.807, 2.05) is 11.0 Å². The molecule has 1 N–H and O–H groups in total. The van der Waals surface area contributed by atoms with Crippen LogP contribution in [0, 0.1) is 5.82 Å². The van der Waals surface area contributed by atoms with E-state index in [2.05, 4.69) is 5.32 Å². The van der Waals surface area contributed by atoms with Gasteiger partial charge in [-0.2, -0.15) is 0 Å². The third-order valence-corrected chi connectivity index (χ3v) is 4.41. The van der Waals surface area contributed by atoms with E-state index in [0.717, 1.165) is 12.8 Å². The van der Waals surface area contributed by atoms with Crippen molar-refractivity contribution in [2.24, 2.45) is 0 Å². The molecule has 138 valence electrons. The van der Waals surface area contributed by atoms with Crippen LogP contribution in [0.2, 0.25) is 0 Å². The monoisotopic (exact) mass is 358 g/mol. The van der Waals surface area contributed by atoms with Crippen LogP contribution in [0.4, 0.5) is 10.1 Å². The van der Waals surface area contributed by atoms with E-state index in [1.54, 1.807) is 44.6 Å². The van der Waals surface area contributed by atoms with Crippen LogP contribution < -0.4 is 14.8 Å². The van der Waals surface area contributed by atoms with Crippen molar-refractivity contribution in [3.05, 3.63) is 53.8 Å². The van der Waals surface area contributed by atoms with Crippen molar-refractivity contribution in [1.82, 2.24) is 4.90 Å². The summed E-state index contributed by atoms with van der Waals surface area (Å²) in [5.74, 6) is 0.777. The Hall–Kier alpha value is -2.60. The van der Waals surface area contributed by atoms with E-state index >= 15 is 0 Å². The standard InChI is InChI=1S/C20H23FN2O3/c1-25-18-10-7-15(11-19(18)26-2)22-20(24)13-23(16-8-9-16)12-14-5-3-4-6-17(14)21/h3-7,10-11,16H,8-9,12-13H2,1-2H3,(H,22,24). The number of hydrogen-bond donors (Lipinski definition) is 1. The number of halogens is 1. The SMILES string of the molecule is COc1ccc(NC(=O)CN(Cc2ccccc2F)C2CC2)cc1OC. The van der Waals surface area contributed by atoms with Gasteiger partial charge in [0, 0.05) is 29.9 Å². The highest BCUT2D eigenvalue weighted by Gasteiger charge is 2.30. The number of amides is 1. The van der Waals surface area contributed by atoms with Crippen LogP contribution in [0.5, 0.6) is 11.5 Å². The fraction of sp³-hybridized carbons (Fsp3) is 0.350. The number of nitrogens with one attached hydrogen (secondary N) is 1. The summed E-state index contributed by atoms with van der Waals surface area (Å²) in [4.78, 5) is 14.5. The number of carbonyl (C=O) groups is 1. The molecule has 3 rings (SSSR count). The van der Waals surface area contributed by atoms with E-state index in [4.69, 9.17) is 9.47 Å². The van der Waals surface area contributed by atoms with Crippen molar-refractivity contribution in [2.45, 2.75) is 25.4 Å². The Morgan fingerprint density at radius 2 is 1.88 bits per heavy atom. The van der Waals surface area contributed by atoms with Crippen molar-refractivity contribution < 1.29 is 18.7 Å². The molecule has 0 radical (unpaired) electrons. The lowest BCUT2D eigenvalue weighted by Crippen LogP contribution is -2.34. The zero-order valence-electron chi connectivity index (χ0n) is 15.0. The maximum atomic E-state index is 13.9. The zero-order valence-corrected chi connectivity index (χ0v) is 15.0. The summed E-state index contributed by atoms with van der Waals surface area (Å²) < 4.78 is 24.4. The molecule has 1 fully saturated rings. The molecule has 26 heavy (non-hydrogen) atoms. The van der Waals surface area contributed by atoms with Crippen LogP contribution in [0.25, 0.3) is 0 Å². The largest absolute Gasteiger partial charge is 0.493 e. The summed E-state index contributed by atoms with van der Waals surface area (Å²) in [6.45, 7) is 0.643. The van der Waals surface area contributed by atoms with E-state index in [0.29, 0.717) is 35.3 Å². The average Bonchev–Trinajstić information content (AvgIpc) is 3.48. The Morgan fingerprint density at radius 3 is 2.54 bits per heavy atom. The third-order valence-electron chi connectivity index (χ3n) is 4.41. The summed E-state index contributed by atoms with van der Waals surface area (Å²) in [5.41, 5.74) is 1.24. The van der Waals surface area contributed by atoms with Gasteiger partial charge in [0.05, 0.1) is 20.8 Å². The van der Waals surface area contributed by atoms with Crippen LogP contribution in [0.3, 0.4) is 0 Å². The molecule has 1 aliphatic rings. The number of rotatable bonds is 8. The summed E-state index contributed by atoms with van der Waals surface area (Å²) in [5, 5.41) is 2.87. The Labute approximate surface area is 152 Å². The van der Waals surface area contributed by atoms with E-state index in [1.165, 1.54) is 6.07 Å². The Kier molecular flexibility index (Phi) is 5.73. The molecule has 1 amide bonds. The van der Waals surface area contributed by atoms with Gasteiger partial charge >= 0.3 is 0 Å². The van der Waals surface area contributed by atoms with Gasteiger partial charge in [-0.1, -0.05) is 18.2 Å². The highest BCUT2D eigenvalue weighted by atomic mass is 19.1. The third kappa shape index (κ3) is 4.52. The Balaban J connectivity index is 1.64. The van der Waals surface area contributed by atoms with E-state index < -0.39 is 0 Å². The number of anilines is 1. The predicted molar refractivity (Wildman–Crippen MR) is 98.0 cm³/mol. The molecule has 6 heteroatoms. The maximum Gasteiger partial charge on any atom is 0.238 e. The summed E-state index contributed by atoms with van der Waals surface area (Å²) >= 11 is 0. The molecule has 0 unspecified atom stereocenters. The average molecular weight is 358 g/mol. The van der Waals surface area contributed by atoms with Gasteiger partial charge in [0.25, 0.3) is 0 Å². The van der Waals surface area contributed by atoms with Crippen LogP contribution in [0.15, 0.2) is 42.5 Å². The first kappa shape index (κ1) is 18.2. The normalized spacial score (nSPS) is 13.5. The number of benzene rings is 2. The van der Waals surface area contributed by atoms with Crippen LogP contribution in [0.1, 0.15) is 18.4 Å². The molecule has 2 aromatic rings. The van der Waals surface area contributed by atoms with Gasteiger partial charge in [-0.05, 0) is 31.0 Å². The smallest absolute Gasteiger partial charge is 0.238 e. The number of carbonyl (C=O) groups excluding carboxylic acids is 1. The van der Waals surface area contributed by atoms with Crippen molar-refractivity contribution >= 4 is 11.6 Å². The summed E-state index contributed by atoms with van der Waals surface area (Å²) in [6.07, 6.45) is 2.08. The zero-order chi connectivity index (χ0) is 18.5. The molecule has 0 heterocycles. The second-order valence-corrected chi connectivity index (χ2v) is 6.35. The Morgan fingerprint density at radius 1 is 1.15 bits per heavy atom. The molecule has 0 atom stereocenters. The first-order chi connectivity index (χ1) is 12.6. The minimum absolute atomic E-state index is 0.138. The van der Waals surface area contributed by atoms with Gasteiger partial charge < -0.3 is 14.8 Å². The lowest BCUT2D eigenvalue weighted by atomic mass is 10.2. The lowest BCUT2D eigenvalue weighted by molar-refractivity contribution is -0.117. The van der Waals surface area contributed by atoms with Crippen LogP contribution in [-0.4, -0.2) is 37.6 Å². The van der Waals surface area contributed by atoms with E-state index in [9.17, 15) is 9.18 Å². The molecular weight excluding hydrogens is 335 g/mol. The minimum Gasteiger partial charge on any atom is -0.493 e. The predicted octanol–water partition coefficient (Wildman–Crippen LogP) is 3.45. The van der Waals surface area contributed by atoms with E-state index in [-0.39, 0.29) is 18.3 Å². The van der Waals surface area contributed by atoms with Crippen molar-refractivity contribution in [3.63, 3.8) is 0 Å². The molecule has 1 saturated carbocycles. The molecule has 1 aliphatic carbocycles. The number of nitrogens with zero attached hydrogens (tertiary/aromatic N) is 1. The molecule has 0 saturated heterocycles. The quantitative estimate of drug-likeness (QED) is 0.785. The lowest BCUT2D eigenvalue weighted by Gasteiger charge is -2.22. The molecule has 0 bridgehead atoms. The van der Waals surface area contributed by atoms with Gasteiger partial charge in [0.2, 0.25) is 5.91 Å². The number of ether oxygens (including phenoxy) is 2. The number of methoxy groups -OCH3 is 2. The fourth-order valence-electron chi connectivity index (χ4n) is 2.90. The minimum atomic E-state index is -0.238. The molecular formula is C20H23FN2O3. The van der Waals surface area contributed by atoms with Crippen LogP contribution in [-0.2, 0) is 11.3 Å². The maximum absolute atomic E-state index is 13.9. The molecule has 0 aliphatic heterocycles.